The van der Waals surface area contributed by atoms with Crippen LogP contribution in [0.15, 0.2) is 0 Å². The zero-order chi connectivity index (χ0) is 10.1. The minimum Gasteiger partial charge on any atom is -0.381 e. The average Bonchev–Trinajstić information content (AvgIpc) is 2.69. The average molecular weight is 210 g/mol. The molecule has 3 rings (SSSR count). The summed E-state index contributed by atoms with van der Waals surface area (Å²) in [4.78, 5) is 2.82. The fourth-order valence-electron chi connectivity index (χ4n) is 3.67. The summed E-state index contributed by atoms with van der Waals surface area (Å²) in [6.07, 6.45) is 6.65. The van der Waals surface area contributed by atoms with Gasteiger partial charge in [0.2, 0.25) is 0 Å². The number of hydrogen-bond acceptors (Lipinski definition) is 3. The van der Waals surface area contributed by atoms with Crippen molar-refractivity contribution in [3.63, 3.8) is 0 Å². The summed E-state index contributed by atoms with van der Waals surface area (Å²) < 4.78 is 5.53. The maximum atomic E-state index is 5.53. The number of fused-ring (bicyclic) bond motifs is 2. The molecule has 0 saturated carbocycles. The monoisotopic (exact) mass is 210 g/mol. The first-order valence-corrected chi connectivity index (χ1v) is 6.46. The van der Waals surface area contributed by atoms with E-state index in [0.717, 1.165) is 19.3 Å². The predicted molar refractivity (Wildman–Crippen MR) is 60.0 cm³/mol. The van der Waals surface area contributed by atoms with Crippen molar-refractivity contribution in [1.29, 1.82) is 0 Å². The fourth-order valence-corrected chi connectivity index (χ4v) is 3.67. The van der Waals surface area contributed by atoms with Crippen LogP contribution in [-0.4, -0.2) is 49.3 Å². The Balaban J connectivity index is 1.83. The van der Waals surface area contributed by atoms with Gasteiger partial charge in [0.1, 0.15) is 0 Å². The van der Waals surface area contributed by atoms with Gasteiger partial charge in [-0.25, -0.2) is 0 Å². The van der Waals surface area contributed by atoms with Gasteiger partial charge in [-0.05, 0) is 45.2 Å². The van der Waals surface area contributed by atoms with Crippen LogP contribution in [0.4, 0.5) is 0 Å². The van der Waals surface area contributed by atoms with Crippen LogP contribution in [0.1, 0.15) is 32.1 Å². The van der Waals surface area contributed by atoms with E-state index in [-0.39, 0.29) is 0 Å². The molecule has 0 aromatic rings. The Morgan fingerprint density at radius 3 is 2.93 bits per heavy atom. The Morgan fingerprint density at radius 2 is 2.07 bits per heavy atom. The molecule has 1 spiro atoms. The summed E-state index contributed by atoms with van der Waals surface area (Å²) >= 11 is 0. The van der Waals surface area contributed by atoms with E-state index in [1.54, 1.807) is 0 Å². The van der Waals surface area contributed by atoms with E-state index in [4.69, 9.17) is 4.74 Å². The molecule has 3 aliphatic heterocycles. The summed E-state index contributed by atoms with van der Waals surface area (Å²) in [7, 11) is 0. The zero-order valence-corrected chi connectivity index (χ0v) is 9.50. The molecule has 1 N–H and O–H groups in total. The highest BCUT2D eigenvalue weighted by atomic mass is 16.5. The first-order valence-electron chi connectivity index (χ1n) is 6.46. The number of nitrogens with zero attached hydrogens (tertiary/aromatic N) is 1. The van der Waals surface area contributed by atoms with Gasteiger partial charge in [-0.1, -0.05) is 0 Å². The SMILES string of the molecule is C1CC2CCNCC3(CCOCC3)N2C1. The molecule has 0 aliphatic carbocycles. The summed E-state index contributed by atoms with van der Waals surface area (Å²) in [6, 6.07) is 0.859. The van der Waals surface area contributed by atoms with E-state index < -0.39 is 0 Å². The third-order valence-corrected chi connectivity index (χ3v) is 4.52. The normalized spacial score (nSPS) is 36.4. The third-order valence-electron chi connectivity index (χ3n) is 4.52. The Hall–Kier alpha value is -0.120. The molecule has 0 radical (unpaired) electrons. The Morgan fingerprint density at radius 1 is 1.20 bits per heavy atom. The van der Waals surface area contributed by atoms with Gasteiger partial charge in [0.25, 0.3) is 0 Å². The summed E-state index contributed by atoms with van der Waals surface area (Å²) in [6.45, 7) is 5.65. The van der Waals surface area contributed by atoms with E-state index in [2.05, 4.69) is 10.2 Å². The van der Waals surface area contributed by atoms with Crippen LogP contribution in [-0.2, 0) is 4.74 Å². The molecule has 3 fully saturated rings. The second kappa shape index (κ2) is 4.04. The summed E-state index contributed by atoms with van der Waals surface area (Å²) in [5, 5.41) is 3.64. The Labute approximate surface area is 92.2 Å². The Bertz CT molecular complexity index is 226. The van der Waals surface area contributed by atoms with Crippen LogP contribution in [0, 0.1) is 0 Å². The molecule has 1 unspecified atom stereocenters. The van der Waals surface area contributed by atoms with Crippen LogP contribution >= 0.6 is 0 Å². The van der Waals surface area contributed by atoms with Gasteiger partial charge < -0.3 is 10.1 Å². The smallest absolute Gasteiger partial charge is 0.0484 e. The molecule has 3 heteroatoms. The molecule has 15 heavy (non-hydrogen) atoms. The number of ether oxygens (including phenoxy) is 1. The van der Waals surface area contributed by atoms with Gasteiger partial charge >= 0.3 is 0 Å². The third kappa shape index (κ3) is 1.71. The first kappa shape index (κ1) is 10.1. The van der Waals surface area contributed by atoms with Crippen LogP contribution in [0.3, 0.4) is 0 Å². The van der Waals surface area contributed by atoms with E-state index in [0.29, 0.717) is 5.54 Å². The lowest BCUT2D eigenvalue weighted by atomic mass is 9.87. The highest BCUT2D eigenvalue weighted by Gasteiger charge is 2.44. The predicted octanol–water partition coefficient (Wildman–Crippen LogP) is 0.993. The van der Waals surface area contributed by atoms with Crippen molar-refractivity contribution < 1.29 is 4.74 Å². The molecule has 3 heterocycles. The van der Waals surface area contributed by atoms with Gasteiger partial charge in [-0.3, -0.25) is 4.90 Å². The standard InChI is InChI=1S/C12H22N2O/c1-2-11-3-6-13-10-12(14(11)7-1)4-8-15-9-5-12/h11,13H,1-10H2. The summed E-state index contributed by atoms with van der Waals surface area (Å²) in [5.74, 6) is 0. The number of hydrogen-bond donors (Lipinski definition) is 1. The van der Waals surface area contributed by atoms with Crippen molar-refractivity contribution in [2.24, 2.45) is 0 Å². The molecule has 3 aliphatic rings. The van der Waals surface area contributed by atoms with Crippen LogP contribution in [0.2, 0.25) is 0 Å². The van der Waals surface area contributed by atoms with E-state index in [9.17, 15) is 0 Å². The zero-order valence-electron chi connectivity index (χ0n) is 9.50. The Kier molecular flexibility index (Phi) is 2.71. The lowest BCUT2D eigenvalue weighted by Gasteiger charge is -2.46. The molecule has 1 atom stereocenters. The number of nitrogens with one attached hydrogen (secondary N) is 1. The lowest BCUT2D eigenvalue weighted by Crippen LogP contribution is -2.57. The minimum atomic E-state index is 0.440. The molecule has 0 aromatic heterocycles. The van der Waals surface area contributed by atoms with Crippen molar-refractivity contribution in [2.45, 2.75) is 43.7 Å². The van der Waals surface area contributed by atoms with Crippen molar-refractivity contribution >= 4 is 0 Å². The van der Waals surface area contributed by atoms with Gasteiger partial charge in [0.15, 0.2) is 0 Å². The first-order chi connectivity index (χ1) is 7.41. The van der Waals surface area contributed by atoms with Gasteiger partial charge in [-0.2, -0.15) is 0 Å². The van der Waals surface area contributed by atoms with E-state index >= 15 is 0 Å². The molecular weight excluding hydrogens is 188 g/mol. The van der Waals surface area contributed by atoms with Crippen LogP contribution in [0.25, 0.3) is 0 Å². The van der Waals surface area contributed by atoms with Gasteiger partial charge in [0, 0.05) is 31.3 Å². The van der Waals surface area contributed by atoms with E-state index in [1.807, 2.05) is 0 Å². The van der Waals surface area contributed by atoms with Crippen LogP contribution < -0.4 is 5.32 Å². The van der Waals surface area contributed by atoms with Crippen molar-refractivity contribution in [1.82, 2.24) is 10.2 Å². The molecule has 0 amide bonds. The van der Waals surface area contributed by atoms with Gasteiger partial charge in [0.05, 0.1) is 0 Å². The molecular formula is C12H22N2O. The molecule has 86 valence electrons. The fraction of sp³-hybridized carbons (Fsp3) is 1.00. The largest absolute Gasteiger partial charge is 0.381 e. The highest BCUT2D eigenvalue weighted by Crippen LogP contribution is 2.36. The quantitative estimate of drug-likeness (QED) is 0.645. The topological polar surface area (TPSA) is 24.5 Å². The lowest BCUT2D eigenvalue weighted by molar-refractivity contribution is -0.0278. The van der Waals surface area contributed by atoms with Crippen molar-refractivity contribution in [3.05, 3.63) is 0 Å². The maximum Gasteiger partial charge on any atom is 0.0484 e. The maximum absolute atomic E-state index is 5.53. The second-order valence-corrected chi connectivity index (χ2v) is 5.29. The highest BCUT2D eigenvalue weighted by molar-refractivity contribution is 5.01. The van der Waals surface area contributed by atoms with Crippen molar-refractivity contribution in [2.75, 3.05) is 32.8 Å². The number of rotatable bonds is 0. The molecule has 0 aromatic carbocycles. The summed E-state index contributed by atoms with van der Waals surface area (Å²) in [5.41, 5.74) is 0.440. The second-order valence-electron chi connectivity index (χ2n) is 5.29. The van der Waals surface area contributed by atoms with E-state index in [1.165, 1.54) is 51.7 Å². The minimum absolute atomic E-state index is 0.440. The molecule has 0 bridgehead atoms. The van der Waals surface area contributed by atoms with Crippen molar-refractivity contribution in [3.8, 4) is 0 Å². The van der Waals surface area contributed by atoms with Gasteiger partial charge in [-0.15, -0.1) is 0 Å². The van der Waals surface area contributed by atoms with Crippen LogP contribution in [0.5, 0.6) is 0 Å². The molecule has 3 nitrogen and oxygen atoms in total. The molecule has 3 saturated heterocycles.